The van der Waals surface area contributed by atoms with Crippen LogP contribution in [-0.2, 0) is 0 Å². The monoisotopic (exact) mass is 221 g/mol. The molecule has 0 aliphatic rings. The van der Waals surface area contributed by atoms with Gasteiger partial charge in [0.25, 0.3) is 5.91 Å². The number of hydrazine groups is 1. The molecule has 1 amide bonds. The number of nitrogens with one attached hydrogen (secondary N) is 1. The fourth-order valence-corrected chi connectivity index (χ4v) is 1.42. The van der Waals surface area contributed by atoms with Crippen LogP contribution in [0.4, 0.5) is 0 Å². The molecule has 0 saturated carbocycles. The van der Waals surface area contributed by atoms with Crippen molar-refractivity contribution in [1.82, 2.24) is 10.4 Å². The Kier molecular flexibility index (Phi) is 2.36. The quantitative estimate of drug-likeness (QED) is 0.413. The second kappa shape index (κ2) is 3.09. The first-order valence-electron chi connectivity index (χ1n) is 2.36. The Morgan fingerprint density at radius 1 is 1.90 bits per heavy atom. The molecule has 0 radical (unpaired) electrons. The van der Waals surface area contributed by atoms with Gasteiger partial charge in [-0.1, -0.05) is 0 Å². The molecule has 0 saturated heterocycles. The van der Waals surface area contributed by atoms with Crippen molar-refractivity contribution in [2.24, 2.45) is 5.84 Å². The average Bonchev–Trinajstić information content (AvgIpc) is 2.34. The van der Waals surface area contributed by atoms with Gasteiger partial charge in [-0.05, 0) is 15.9 Å². The van der Waals surface area contributed by atoms with Crippen LogP contribution in [-0.4, -0.2) is 10.9 Å². The van der Waals surface area contributed by atoms with Crippen LogP contribution in [0.1, 0.15) is 10.5 Å². The van der Waals surface area contributed by atoms with E-state index in [2.05, 4.69) is 20.9 Å². The van der Waals surface area contributed by atoms with Gasteiger partial charge in [0.1, 0.15) is 5.69 Å². The minimum atomic E-state index is -0.373. The van der Waals surface area contributed by atoms with Crippen LogP contribution < -0.4 is 11.3 Å². The number of nitrogens with two attached hydrogens (primary N) is 1. The Morgan fingerprint density at radius 3 is 3.00 bits per heavy atom. The molecule has 0 aliphatic heterocycles. The first-order chi connectivity index (χ1) is 4.74. The summed E-state index contributed by atoms with van der Waals surface area (Å²) in [5.74, 6) is 4.49. The fourth-order valence-electron chi connectivity index (χ4n) is 0.430. The second-order valence-corrected chi connectivity index (χ2v) is 3.59. The van der Waals surface area contributed by atoms with Gasteiger partial charge in [-0.2, -0.15) is 0 Å². The highest BCUT2D eigenvalue weighted by Gasteiger charge is 2.06. The minimum absolute atomic E-state index is 0.333. The number of rotatable bonds is 1. The van der Waals surface area contributed by atoms with Gasteiger partial charge < -0.3 is 0 Å². The SMILES string of the molecule is NNC(=O)c1csc(Br)n1. The molecule has 0 atom stereocenters. The van der Waals surface area contributed by atoms with Gasteiger partial charge in [-0.3, -0.25) is 10.2 Å². The third-order valence-electron chi connectivity index (χ3n) is 0.840. The molecule has 1 aromatic heterocycles. The molecule has 3 N–H and O–H groups in total. The normalized spacial score (nSPS) is 9.40. The first kappa shape index (κ1) is 7.64. The van der Waals surface area contributed by atoms with E-state index >= 15 is 0 Å². The first-order valence-corrected chi connectivity index (χ1v) is 4.03. The highest BCUT2D eigenvalue weighted by molar-refractivity contribution is 9.11. The Bertz CT molecular complexity index is 248. The average molecular weight is 222 g/mol. The molecule has 1 rings (SSSR count). The molecular weight excluding hydrogens is 218 g/mol. The van der Waals surface area contributed by atoms with Crippen molar-refractivity contribution in [1.29, 1.82) is 0 Å². The van der Waals surface area contributed by atoms with Crippen LogP contribution >= 0.6 is 27.3 Å². The van der Waals surface area contributed by atoms with Gasteiger partial charge in [0.2, 0.25) is 0 Å². The van der Waals surface area contributed by atoms with E-state index < -0.39 is 0 Å². The van der Waals surface area contributed by atoms with E-state index in [1.165, 1.54) is 11.3 Å². The molecule has 1 aromatic rings. The summed E-state index contributed by atoms with van der Waals surface area (Å²) in [4.78, 5) is 14.5. The lowest BCUT2D eigenvalue weighted by molar-refractivity contribution is 0.0949. The lowest BCUT2D eigenvalue weighted by Crippen LogP contribution is -2.30. The van der Waals surface area contributed by atoms with Crippen molar-refractivity contribution in [2.75, 3.05) is 0 Å². The van der Waals surface area contributed by atoms with Crippen LogP contribution in [0.25, 0.3) is 0 Å². The van der Waals surface area contributed by atoms with E-state index in [4.69, 9.17) is 5.84 Å². The third-order valence-corrected chi connectivity index (χ3v) is 2.20. The van der Waals surface area contributed by atoms with Gasteiger partial charge in [0, 0.05) is 5.38 Å². The summed E-state index contributed by atoms with van der Waals surface area (Å²) in [6, 6.07) is 0. The summed E-state index contributed by atoms with van der Waals surface area (Å²) < 4.78 is 0.672. The number of aromatic nitrogens is 1. The summed E-state index contributed by atoms with van der Waals surface area (Å²) in [6.45, 7) is 0. The van der Waals surface area contributed by atoms with Gasteiger partial charge in [-0.15, -0.1) is 11.3 Å². The molecule has 0 spiro atoms. The lowest BCUT2D eigenvalue weighted by atomic mass is 10.5. The Morgan fingerprint density at radius 2 is 2.60 bits per heavy atom. The number of amides is 1. The molecule has 6 heteroatoms. The zero-order valence-corrected chi connectivity index (χ0v) is 7.20. The van der Waals surface area contributed by atoms with Crippen LogP contribution in [0.15, 0.2) is 9.30 Å². The predicted molar refractivity (Wildman–Crippen MR) is 41.5 cm³/mol. The molecule has 1 heterocycles. The number of halogens is 1. The molecule has 0 aliphatic carbocycles. The molecular formula is C4H4BrN3OS. The van der Waals surface area contributed by atoms with Gasteiger partial charge in [0.15, 0.2) is 3.92 Å². The van der Waals surface area contributed by atoms with Gasteiger partial charge in [-0.25, -0.2) is 10.8 Å². The van der Waals surface area contributed by atoms with E-state index in [0.717, 1.165) is 0 Å². The van der Waals surface area contributed by atoms with Crippen molar-refractivity contribution >= 4 is 33.2 Å². The third kappa shape index (κ3) is 1.53. The van der Waals surface area contributed by atoms with Crippen LogP contribution in [0.2, 0.25) is 0 Å². The molecule has 0 fully saturated rings. The summed E-state index contributed by atoms with van der Waals surface area (Å²) in [5, 5.41) is 1.62. The summed E-state index contributed by atoms with van der Waals surface area (Å²) in [5.41, 5.74) is 2.31. The smallest absolute Gasteiger partial charge is 0.284 e. The van der Waals surface area contributed by atoms with Gasteiger partial charge >= 0.3 is 0 Å². The topological polar surface area (TPSA) is 68.0 Å². The number of nitrogens with zero attached hydrogens (tertiary/aromatic N) is 1. The van der Waals surface area contributed by atoms with Crippen molar-refractivity contribution in [2.45, 2.75) is 0 Å². The van der Waals surface area contributed by atoms with Crippen LogP contribution in [0.5, 0.6) is 0 Å². The summed E-state index contributed by atoms with van der Waals surface area (Å²) >= 11 is 4.45. The number of hydrogen-bond donors (Lipinski definition) is 2. The number of hydrogen-bond acceptors (Lipinski definition) is 4. The Hall–Kier alpha value is -0.460. The maximum atomic E-state index is 10.7. The molecule has 0 aromatic carbocycles. The Balaban J connectivity index is 2.85. The zero-order valence-electron chi connectivity index (χ0n) is 4.80. The maximum Gasteiger partial charge on any atom is 0.284 e. The summed E-state index contributed by atoms with van der Waals surface area (Å²) in [7, 11) is 0. The summed E-state index contributed by atoms with van der Waals surface area (Å²) in [6.07, 6.45) is 0. The molecule has 54 valence electrons. The van der Waals surface area contributed by atoms with E-state index in [0.29, 0.717) is 9.61 Å². The van der Waals surface area contributed by atoms with Crippen molar-refractivity contribution in [3.8, 4) is 0 Å². The number of carbonyl (C=O) groups is 1. The van der Waals surface area contributed by atoms with Gasteiger partial charge in [0.05, 0.1) is 0 Å². The molecule has 4 nitrogen and oxygen atoms in total. The highest BCUT2D eigenvalue weighted by Crippen LogP contribution is 2.15. The van der Waals surface area contributed by atoms with Crippen molar-refractivity contribution < 1.29 is 4.79 Å². The number of nitrogen functional groups attached to an aromatic ring is 1. The number of carbonyl (C=O) groups excluding carboxylic acids is 1. The molecule has 0 unspecified atom stereocenters. The van der Waals surface area contributed by atoms with Crippen molar-refractivity contribution in [3.63, 3.8) is 0 Å². The standard InChI is InChI=1S/C4H4BrN3OS/c5-4-7-2(1-10-4)3(9)8-6/h1H,6H2,(H,8,9). The number of thiazole rings is 1. The van der Waals surface area contributed by atoms with E-state index in [1.807, 2.05) is 5.43 Å². The van der Waals surface area contributed by atoms with Crippen LogP contribution in [0, 0.1) is 0 Å². The lowest BCUT2D eigenvalue weighted by Gasteiger charge is -1.89. The second-order valence-electron chi connectivity index (χ2n) is 1.46. The Labute approximate surface area is 69.5 Å². The maximum absolute atomic E-state index is 10.7. The molecule has 0 bridgehead atoms. The zero-order chi connectivity index (χ0) is 7.56. The fraction of sp³-hybridized carbons (Fsp3) is 0. The predicted octanol–water partition coefficient (Wildman–Crippen LogP) is 0.509. The minimum Gasteiger partial charge on any atom is -0.289 e. The molecule has 10 heavy (non-hydrogen) atoms. The van der Waals surface area contributed by atoms with E-state index in [-0.39, 0.29) is 5.91 Å². The van der Waals surface area contributed by atoms with Crippen molar-refractivity contribution in [3.05, 3.63) is 15.0 Å². The largest absolute Gasteiger partial charge is 0.289 e. The van der Waals surface area contributed by atoms with E-state index in [1.54, 1.807) is 5.38 Å². The van der Waals surface area contributed by atoms with Crippen LogP contribution in [0.3, 0.4) is 0 Å². The van der Waals surface area contributed by atoms with E-state index in [9.17, 15) is 4.79 Å². The highest BCUT2D eigenvalue weighted by atomic mass is 79.9.